The van der Waals surface area contributed by atoms with E-state index in [1.807, 2.05) is 38.1 Å². The Morgan fingerprint density at radius 2 is 1.52 bits per heavy atom. The highest BCUT2D eigenvalue weighted by Gasteiger charge is 2.14. The number of amides is 2. The van der Waals surface area contributed by atoms with E-state index in [1.54, 1.807) is 6.92 Å². The molecule has 0 bridgehead atoms. The molecule has 2 unspecified atom stereocenters. The fraction of sp³-hybridized carbons (Fsp3) is 0.316. The topological polar surface area (TPSA) is 50.4 Å². The number of benzene rings is 2. The summed E-state index contributed by atoms with van der Waals surface area (Å²) in [6.45, 7) is 6.07. The lowest BCUT2D eigenvalue weighted by atomic mass is 10.1. The minimum absolute atomic E-state index is 0.215. The Labute approximate surface area is 146 Å². The SMILES string of the molecule is CCOc1ccc(C(C)NC(=O)NC(C)c2ccc(F)c(F)c2)cc1. The Balaban J connectivity index is 1.93. The number of nitrogens with one attached hydrogen (secondary N) is 2. The fourth-order valence-corrected chi connectivity index (χ4v) is 2.40. The normalized spacial score (nSPS) is 13.0. The zero-order valence-corrected chi connectivity index (χ0v) is 14.5. The Morgan fingerprint density at radius 3 is 2.08 bits per heavy atom. The zero-order chi connectivity index (χ0) is 18.4. The zero-order valence-electron chi connectivity index (χ0n) is 14.5. The van der Waals surface area contributed by atoms with Crippen molar-refractivity contribution >= 4 is 6.03 Å². The maximum Gasteiger partial charge on any atom is 0.315 e. The lowest BCUT2D eigenvalue weighted by molar-refractivity contribution is 0.235. The van der Waals surface area contributed by atoms with Gasteiger partial charge in [0.15, 0.2) is 11.6 Å². The van der Waals surface area contributed by atoms with Crippen molar-refractivity contribution in [2.24, 2.45) is 0 Å². The van der Waals surface area contributed by atoms with Gasteiger partial charge in [-0.3, -0.25) is 0 Å². The third kappa shape index (κ3) is 5.17. The number of urea groups is 1. The van der Waals surface area contributed by atoms with E-state index in [0.717, 1.165) is 23.4 Å². The highest BCUT2D eigenvalue weighted by Crippen LogP contribution is 2.19. The van der Waals surface area contributed by atoms with Gasteiger partial charge < -0.3 is 15.4 Å². The molecule has 2 atom stereocenters. The smallest absolute Gasteiger partial charge is 0.315 e. The second-order valence-corrected chi connectivity index (χ2v) is 5.74. The molecule has 4 nitrogen and oxygen atoms in total. The summed E-state index contributed by atoms with van der Waals surface area (Å²) in [4.78, 5) is 12.1. The van der Waals surface area contributed by atoms with Crippen molar-refractivity contribution in [3.05, 3.63) is 65.2 Å². The first kappa shape index (κ1) is 18.7. The number of ether oxygens (including phenoxy) is 1. The molecule has 0 saturated carbocycles. The molecule has 0 saturated heterocycles. The summed E-state index contributed by atoms with van der Waals surface area (Å²) in [7, 11) is 0. The highest BCUT2D eigenvalue weighted by molar-refractivity contribution is 5.75. The molecule has 0 aliphatic rings. The Hall–Kier alpha value is -2.63. The molecule has 0 spiro atoms. The van der Waals surface area contributed by atoms with Gasteiger partial charge >= 0.3 is 6.03 Å². The first-order valence-corrected chi connectivity index (χ1v) is 8.15. The summed E-state index contributed by atoms with van der Waals surface area (Å²) < 4.78 is 31.6. The van der Waals surface area contributed by atoms with Crippen LogP contribution in [-0.2, 0) is 0 Å². The average molecular weight is 348 g/mol. The third-order valence-electron chi connectivity index (χ3n) is 3.83. The van der Waals surface area contributed by atoms with E-state index in [0.29, 0.717) is 12.2 Å². The van der Waals surface area contributed by atoms with Gasteiger partial charge in [-0.1, -0.05) is 18.2 Å². The molecule has 0 aliphatic carbocycles. The van der Waals surface area contributed by atoms with E-state index in [9.17, 15) is 13.6 Å². The lowest BCUT2D eigenvalue weighted by Gasteiger charge is -2.19. The third-order valence-corrected chi connectivity index (χ3v) is 3.83. The van der Waals surface area contributed by atoms with Crippen LogP contribution in [0.1, 0.15) is 44.0 Å². The first-order valence-electron chi connectivity index (χ1n) is 8.15. The molecule has 0 aliphatic heterocycles. The second kappa shape index (κ2) is 8.46. The van der Waals surface area contributed by atoms with Crippen LogP contribution in [0.2, 0.25) is 0 Å². The molecule has 2 aromatic carbocycles. The van der Waals surface area contributed by atoms with Crippen molar-refractivity contribution in [1.29, 1.82) is 0 Å². The van der Waals surface area contributed by atoms with Crippen LogP contribution in [0.5, 0.6) is 5.75 Å². The van der Waals surface area contributed by atoms with Crippen LogP contribution < -0.4 is 15.4 Å². The van der Waals surface area contributed by atoms with Gasteiger partial charge in [0.25, 0.3) is 0 Å². The molecule has 0 aromatic heterocycles. The van der Waals surface area contributed by atoms with Crippen molar-refractivity contribution in [3.63, 3.8) is 0 Å². The van der Waals surface area contributed by atoms with Crippen LogP contribution in [0, 0.1) is 11.6 Å². The van der Waals surface area contributed by atoms with Gasteiger partial charge in [-0.25, -0.2) is 13.6 Å². The van der Waals surface area contributed by atoms with Crippen molar-refractivity contribution in [3.8, 4) is 5.75 Å². The molecule has 0 fully saturated rings. The molecule has 6 heteroatoms. The summed E-state index contributed by atoms with van der Waals surface area (Å²) in [5.74, 6) is -1.08. The maximum absolute atomic E-state index is 13.3. The minimum Gasteiger partial charge on any atom is -0.494 e. The average Bonchev–Trinajstić information content (AvgIpc) is 2.58. The van der Waals surface area contributed by atoms with Crippen LogP contribution in [-0.4, -0.2) is 12.6 Å². The molecule has 0 radical (unpaired) electrons. The standard InChI is InChI=1S/C19H22F2N2O2/c1-4-25-16-8-5-14(6-9-16)12(2)22-19(24)23-13(3)15-7-10-17(20)18(21)11-15/h5-13H,4H2,1-3H3,(H2,22,23,24). The Morgan fingerprint density at radius 1 is 0.960 bits per heavy atom. The van der Waals surface area contributed by atoms with E-state index < -0.39 is 23.7 Å². The van der Waals surface area contributed by atoms with Gasteiger partial charge in [-0.15, -0.1) is 0 Å². The molecule has 25 heavy (non-hydrogen) atoms. The summed E-state index contributed by atoms with van der Waals surface area (Å²) in [5.41, 5.74) is 1.42. The van der Waals surface area contributed by atoms with Crippen molar-refractivity contribution in [1.82, 2.24) is 10.6 Å². The van der Waals surface area contributed by atoms with Crippen LogP contribution in [0.25, 0.3) is 0 Å². The van der Waals surface area contributed by atoms with Gasteiger partial charge in [0.2, 0.25) is 0 Å². The Bertz CT molecular complexity index is 720. The predicted octanol–water partition coefficient (Wildman–Crippen LogP) is 4.48. The Kier molecular flexibility index (Phi) is 6.33. The molecule has 2 rings (SSSR count). The second-order valence-electron chi connectivity index (χ2n) is 5.74. The minimum atomic E-state index is -0.936. The van der Waals surface area contributed by atoms with Crippen LogP contribution in [0.15, 0.2) is 42.5 Å². The van der Waals surface area contributed by atoms with E-state index in [-0.39, 0.29) is 6.04 Å². The van der Waals surface area contributed by atoms with Crippen LogP contribution in [0.3, 0.4) is 0 Å². The molecule has 0 heterocycles. The van der Waals surface area contributed by atoms with Crippen LogP contribution in [0.4, 0.5) is 13.6 Å². The number of hydrogen-bond donors (Lipinski definition) is 2. The lowest BCUT2D eigenvalue weighted by Crippen LogP contribution is -2.38. The largest absolute Gasteiger partial charge is 0.494 e. The molecule has 2 N–H and O–H groups in total. The number of rotatable bonds is 6. The first-order chi connectivity index (χ1) is 11.9. The van der Waals surface area contributed by atoms with E-state index in [1.165, 1.54) is 6.07 Å². The number of hydrogen-bond acceptors (Lipinski definition) is 2. The van der Waals surface area contributed by atoms with Gasteiger partial charge in [0.05, 0.1) is 18.7 Å². The molecular formula is C19H22F2N2O2. The summed E-state index contributed by atoms with van der Waals surface area (Å²) in [5, 5.41) is 5.53. The van der Waals surface area contributed by atoms with Gasteiger partial charge in [0, 0.05) is 0 Å². The molecule has 134 valence electrons. The van der Waals surface area contributed by atoms with Gasteiger partial charge in [-0.2, -0.15) is 0 Å². The van der Waals surface area contributed by atoms with Crippen LogP contribution >= 0.6 is 0 Å². The fourth-order valence-electron chi connectivity index (χ4n) is 2.40. The monoisotopic (exact) mass is 348 g/mol. The van der Waals surface area contributed by atoms with Gasteiger partial charge in [0.1, 0.15) is 5.75 Å². The van der Waals surface area contributed by atoms with Crippen molar-refractivity contribution < 1.29 is 18.3 Å². The van der Waals surface area contributed by atoms with E-state index in [4.69, 9.17) is 4.74 Å². The molecule has 2 aromatic rings. The number of carbonyl (C=O) groups excluding carboxylic acids is 1. The summed E-state index contributed by atoms with van der Waals surface area (Å²) >= 11 is 0. The van der Waals surface area contributed by atoms with Crippen molar-refractivity contribution in [2.75, 3.05) is 6.61 Å². The van der Waals surface area contributed by atoms with Crippen molar-refractivity contribution in [2.45, 2.75) is 32.9 Å². The number of carbonyl (C=O) groups is 1. The van der Waals surface area contributed by atoms with Gasteiger partial charge in [-0.05, 0) is 56.2 Å². The van der Waals surface area contributed by atoms with E-state index >= 15 is 0 Å². The highest BCUT2D eigenvalue weighted by atomic mass is 19.2. The summed E-state index contributed by atoms with van der Waals surface area (Å²) in [6.07, 6.45) is 0. The molecule has 2 amide bonds. The molecular weight excluding hydrogens is 326 g/mol. The summed E-state index contributed by atoms with van der Waals surface area (Å²) in [6, 6.07) is 9.97. The van der Waals surface area contributed by atoms with E-state index in [2.05, 4.69) is 10.6 Å². The quantitative estimate of drug-likeness (QED) is 0.808. The maximum atomic E-state index is 13.3. The predicted molar refractivity (Wildman–Crippen MR) is 92.5 cm³/mol. The number of halogens is 2.